The van der Waals surface area contributed by atoms with E-state index >= 15 is 0 Å². The number of hydrogen-bond acceptors (Lipinski definition) is 4. The van der Waals surface area contributed by atoms with Gasteiger partial charge >= 0.3 is 0 Å². The first-order chi connectivity index (χ1) is 11.7. The molecule has 1 unspecified atom stereocenters. The minimum absolute atomic E-state index is 0.743. The fourth-order valence-corrected chi connectivity index (χ4v) is 3.23. The number of nitrogens with zero attached hydrogens (tertiary/aromatic N) is 5. The van der Waals surface area contributed by atoms with Crippen molar-refractivity contribution in [3.8, 4) is 0 Å². The van der Waals surface area contributed by atoms with Crippen LogP contribution in [0.25, 0.3) is 0 Å². The second-order valence-electron chi connectivity index (χ2n) is 6.45. The molecule has 0 spiro atoms. The van der Waals surface area contributed by atoms with E-state index < -0.39 is 0 Å². The Morgan fingerprint density at radius 1 is 1.29 bits per heavy atom. The summed E-state index contributed by atoms with van der Waals surface area (Å²) in [5.41, 5.74) is 0. The molecule has 1 aliphatic heterocycles. The number of piperidine rings is 1. The van der Waals surface area contributed by atoms with Crippen LogP contribution in [0.4, 0.5) is 0 Å². The minimum atomic E-state index is 0.743. The number of aliphatic imine (C=N–C) groups is 1. The smallest absolute Gasteiger partial charge is 0.191 e. The average molecular weight is 336 g/mol. The molecule has 1 aromatic rings. The first-order valence-electron chi connectivity index (χ1n) is 9.29. The van der Waals surface area contributed by atoms with Gasteiger partial charge in [-0.15, -0.1) is 10.2 Å². The molecule has 136 valence electrons. The quantitative estimate of drug-likeness (QED) is 0.425. The molecule has 2 N–H and O–H groups in total. The average Bonchev–Trinajstić information content (AvgIpc) is 3.06. The highest BCUT2D eigenvalue weighted by atomic mass is 15.3. The highest BCUT2D eigenvalue weighted by molar-refractivity contribution is 5.79. The summed E-state index contributed by atoms with van der Waals surface area (Å²) < 4.78 is 2.08. The maximum absolute atomic E-state index is 4.29. The number of rotatable bonds is 8. The number of guanidine groups is 1. The maximum atomic E-state index is 4.29. The van der Waals surface area contributed by atoms with Gasteiger partial charge in [0.2, 0.25) is 0 Å². The van der Waals surface area contributed by atoms with Crippen molar-refractivity contribution in [3.63, 3.8) is 0 Å². The summed E-state index contributed by atoms with van der Waals surface area (Å²) in [5.74, 6) is 1.89. The molecule has 0 amide bonds. The van der Waals surface area contributed by atoms with E-state index in [1.54, 1.807) is 6.33 Å². The molecule has 0 bridgehead atoms. The normalized spacial score (nSPS) is 19.5. The zero-order valence-electron chi connectivity index (χ0n) is 15.5. The Balaban J connectivity index is 1.60. The molecule has 2 heterocycles. The van der Waals surface area contributed by atoms with Crippen LogP contribution in [0.2, 0.25) is 0 Å². The molecule has 7 heteroatoms. The fourth-order valence-electron chi connectivity index (χ4n) is 3.23. The molecular formula is C17H33N7. The van der Waals surface area contributed by atoms with E-state index in [1.165, 1.54) is 32.4 Å². The monoisotopic (exact) mass is 335 g/mol. The Bertz CT molecular complexity index is 497. The Morgan fingerprint density at radius 3 is 2.88 bits per heavy atom. The Hall–Kier alpha value is -1.63. The summed E-state index contributed by atoms with van der Waals surface area (Å²) in [6.07, 6.45) is 7.93. The van der Waals surface area contributed by atoms with Gasteiger partial charge in [0.25, 0.3) is 0 Å². The predicted molar refractivity (Wildman–Crippen MR) is 98.3 cm³/mol. The van der Waals surface area contributed by atoms with E-state index in [0.29, 0.717) is 0 Å². The summed E-state index contributed by atoms with van der Waals surface area (Å²) >= 11 is 0. The molecule has 1 aromatic heterocycles. The second kappa shape index (κ2) is 10.3. The molecule has 1 fully saturated rings. The van der Waals surface area contributed by atoms with Crippen LogP contribution in [0.1, 0.15) is 45.4 Å². The fraction of sp³-hybridized carbons (Fsp3) is 0.824. The van der Waals surface area contributed by atoms with Crippen molar-refractivity contribution < 1.29 is 0 Å². The molecule has 0 aromatic carbocycles. The molecule has 2 rings (SSSR count). The number of aryl methyl sites for hydroxylation is 1. The van der Waals surface area contributed by atoms with Crippen LogP contribution in [-0.2, 0) is 13.0 Å². The largest absolute Gasteiger partial charge is 0.356 e. The van der Waals surface area contributed by atoms with Gasteiger partial charge in [-0.3, -0.25) is 4.99 Å². The van der Waals surface area contributed by atoms with Gasteiger partial charge in [-0.25, -0.2) is 0 Å². The van der Waals surface area contributed by atoms with Gasteiger partial charge in [0.15, 0.2) is 5.96 Å². The SMILES string of the molecule is CCc1nncn1CCNC(=NC)NCCCN1CCCCC1C. The zero-order valence-corrected chi connectivity index (χ0v) is 15.5. The van der Waals surface area contributed by atoms with Crippen LogP contribution >= 0.6 is 0 Å². The molecule has 7 nitrogen and oxygen atoms in total. The predicted octanol–water partition coefficient (Wildman–Crippen LogP) is 1.27. The molecule has 1 atom stereocenters. The first-order valence-corrected chi connectivity index (χ1v) is 9.29. The lowest BCUT2D eigenvalue weighted by atomic mass is 10.0. The molecule has 0 aliphatic carbocycles. The van der Waals surface area contributed by atoms with E-state index in [1.807, 2.05) is 7.05 Å². The highest BCUT2D eigenvalue weighted by Gasteiger charge is 2.17. The van der Waals surface area contributed by atoms with Crippen LogP contribution in [0.15, 0.2) is 11.3 Å². The van der Waals surface area contributed by atoms with Crippen molar-refractivity contribution in [1.82, 2.24) is 30.3 Å². The van der Waals surface area contributed by atoms with Crippen molar-refractivity contribution >= 4 is 5.96 Å². The van der Waals surface area contributed by atoms with Gasteiger partial charge in [0.05, 0.1) is 0 Å². The van der Waals surface area contributed by atoms with Crippen LogP contribution < -0.4 is 10.6 Å². The van der Waals surface area contributed by atoms with E-state index in [4.69, 9.17) is 0 Å². The zero-order chi connectivity index (χ0) is 17.2. The summed E-state index contributed by atoms with van der Waals surface area (Å²) in [4.78, 5) is 6.90. The second-order valence-corrected chi connectivity index (χ2v) is 6.45. The third-order valence-electron chi connectivity index (χ3n) is 4.74. The lowest BCUT2D eigenvalue weighted by Crippen LogP contribution is -2.42. The van der Waals surface area contributed by atoms with E-state index in [2.05, 4.69) is 49.1 Å². The summed E-state index contributed by atoms with van der Waals surface area (Å²) in [5, 5.41) is 14.8. The van der Waals surface area contributed by atoms with Gasteiger partial charge in [0, 0.05) is 45.7 Å². The highest BCUT2D eigenvalue weighted by Crippen LogP contribution is 2.15. The number of aromatic nitrogens is 3. The van der Waals surface area contributed by atoms with Gasteiger partial charge < -0.3 is 20.1 Å². The molecule has 0 saturated carbocycles. The summed E-state index contributed by atoms with van der Waals surface area (Å²) in [7, 11) is 1.82. The van der Waals surface area contributed by atoms with Gasteiger partial charge in [0.1, 0.15) is 12.2 Å². The maximum Gasteiger partial charge on any atom is 0.191 e. The van der Waals surface area contributed by atoms with Crippen LogP contribution in [0, 0.1) is 0 Å². The van der Waals surface area contributed by atoms with Crippen LogP contribution in [0.3, 0.4) is 0 Å². The van der Waals surface area contributed by atoms with Crippen molar-refractivity contribution in [3.05, 3.63) is 12.2 Å². The Morgan fingerprint density at radius 2 is 2.12 bits per heavy atom. The summed E-state index contributed by atoms with van der Waals surface area (Å²) in [6.45, 7) is 9.49. The third kappa shape index (κ3) is 5.78. The van der Waals surface area contributed by atoms with Crippen LogP contribution in [-0.4, -0.2) is 64.9 Å². The molecule has 1 aliphatic rings. The number of nitrogens with one attached hydrogen (secondary N) is 2. The first kappa shape index (κ1) is 18.7. The molecule has 1 saturated heterocycles. The van der Waals surface area contributed by atoms with E-state index in [-0.39, 0.29) is 0 Å². The Kier molecular flexibility index (Phi) is 8.01. The topological polar surface area (TPSA) is 70.4 Å². The number of hydrogen-bond donors (Lipinski definition) is 2. The van der Waals surface area contributed by atoms with Crippen LogP contribution in [0.5, 0.6) is 0 Å². The number of likely N-dealkylation sites (tertiary alicyclic amines) is 1. The van der Waals surface area contributed by atoms with Crippen molar-refractivity contribution in [2.24, 2.45) is 4.99 Å². The van der Waals surface area contributed by atoms with E-state index in [9.17, 15) is 0 Å². The molecule has 0 radical (unpaired) electrons. The lowest BCUT2D eigenvalue weighted by molar-refractivity contribution is 0.159. The molecular weight excluding hydrogens is 302 g/mol. The van der Waals surface area contributed by atoms with Gasteiger partial charge in [-0.2, -0.15) is 0 Å². The van der Waals surface area contributed by atoms with Crippen molar-refractivity contribution in [2.75, 3.05) is 33.2 Å². The standard InChI is InChI=1S/C17H33N7/c1-4-16-22-21-14-24(16)13-10-20-17(18-3)19-9-7-12-23-11-6-5-8-15(23)2/h14-15H,4-13H2,1-3H3,(H2,18,19,20). The van der Waals surface area contributed by atoms with Gasteiger partial charge in [-0.05, 0) is 32.7 Å². The third-order valence-corrected chi connectivity index (χ3v) is 4.74. The van der Waals surface area contributed by atoms with Gasteiger partial charge in [-0.1, -0.05) is 13.3 Å². The Labute approximate surface area is 145 Å². The van der Waals surface area contributed by atoms with Crippen molar-refractivity contribution in [1.29, 1.82) is 0 Å². The van der Waals surface area contributed by atoms with Crippen molar-refractivity contribution in [2.45, 2.75) is 58.5 Å². The summed E-state index contributed by atoms with van der Waals surface area (Å²) in [6, 6.07) is 0.743. The molecule has 24 heavy (non-hydrogen) atoms. The minimum Gasteiger partial charge on any atom is -0.356 e. The lowest BCUT2D eigenvalue weighted by Gasteiger charge is -2.33. The van der Waals surface area contributed by atoms with E-state index in [0.717, 1.165) is 50.3 Å².